The molecule has 20 heavy (non-hydrogen) atoms. The SMILES string of the molecule is O=C(CS(=O)(=O)Cc1cccc(F)c1)NC1CCCC1. The van der Waals surface area contributed by atoms with Gasteiger partial charge in [-0.15, -0.1) is 0 Å². The smallest absolute Gasteiger partial charge is 0.235 e. The van der Waals surface area contributed by atoms with E-state index in [1.807, 2.05) is 0 Å². The van der Waals surface area contributed by atoms with Crippen molar-refractivity contribution in [1.29, 1.82) is 0 Å². The van der Waals surface area contributed by atoms with E-state index in [1.54, 1.807) is 0 Å². The largest absolute Gasteiger partial charge is 0.352 e. The summed E-state index contributed by atoms with van der Waals surface area (Å²) in [5.41, 5.74) is 0.360. The maximum atomic E-state index is 13.0. The summed E-state index contributed by atoms with van der Waals surface area (Å²) in [6.45, 7) is 0. The van der Waals surface area contributed by atoms with Crippen molar-refractivity contribution in [3.63, 3.8) is 0 Å². The van der Waals surface area contributed by atoms with Crippen LogP contribution in [-0.4, -0.2) is 26.1 Å². The number of amides is 1. The highest BCUT2D eigenvalue weighted by atomic mass is 32.2. The molecule has 1 N–H and O–H groups in total. The van der Waals surface area contributed by atoms with Crippen molar-refractivity contribution in [2.45, 2.75) is 37.5 Å². The standard InChI is InChI=1S/C14H18FNO3S/c15-12-5-3-4-11(8-12)9-20(18,19)10-14(17)16-13-6-1-2-7-13/h3-5,8,13H,1-2,6-7,9-10H2,(H,16,17). The highest BCUT2D eigenvalue weighted by Gasteiger charge is 2.22. The molecule has 0 unspecified atom stereocenters. The fourth-order valence-electron chi connectivity index (χ4n) is 2.47. The van der Waals surface area contributed by atoms with Crippen LogP contribution in [0.25, 0.3) is 0 Å². The molecule has 110 valence electrons. The Kier molecular flexibility index (Phi) is 4.75. The molecule has 0 atom stereocenters. The van der Waals surface area contributed by atoms with E-state index in [9.17, 15) is 17.6 Å². The van der Waals surface area contributed by atoms with Crippen LogP contribution in [0.2, 0.25) is 0 Å². The number of carbonyl (C=O) groups is 1. The van der Waals surface area contributed by atoms with Gasteiger partial charge in [-0.3, -0.25) is 4.79 Å². The second-order valence-electron chi connectivity index (χ2n) is 5.21. The van der Waals surface area contributed by atoms with Gasteiger partial charge in [-0.05, 0) is 30.5 Å². The van der Waals surface area contributed by atoms with Gasteiger partial charge in [-0.25, -0.2) is 12.8 Å². The van der Waals surface area contributed by atoms with Crippen molar-refractivity contribution in [3.05, 3.63) is 35.6 Å². The molecule has 4 nitrogen and oxygen atoms in total. The molecular weight excluding hydrogens is 281 g/mol. The lowest BCUT2D eigenvalue weighted by atomic mass is 10.2. The molecule has 0 saturated heterocycles. The number of nitrogens with one attached hydrogen (secondary N) is 1. The quantitative estimate of drug-likeness (QED) is 0.901. The Hall–Kier alpha value is -1.43. The van der Waals surface area contributed by atoms with Crippen molar-refractivity contribution < 1.29 is 17.6 Å². The third-order valence-electron chi connectivity index (χ3n) is 3.35. The van der Waals surface area contributed by atoms with Crippen molar-refractivity contribution in [1.82, 2.24) is 5.32 Å². The van der Waals surface area contributed by atoms with Crippen LogP contribution in [0.15, 0.2) is 24.3 Å². The van der Waals surface area contributed by atoms with Gasteiger partial charge in [0.2, 0.25) is 5.91 Å². The number of carbonyl (C=O) groups excluding carboxylic acids is 1. The Morgan fingerprint density at radius 1 is 1.30 bits per heavy atom. The Morgan fingerprint density at radius 2 is 2.00 bits per heavy atom. The van der Waals surface area contributed by atoms with Gasteiger partial charge < -0.3 is 5.32 Å². The topological polar surface area (TPSA) is 63.2 Å². The Morgan fingerprint density at radius 3 is 2.65 bits per heavy atom. The zero-order chi connectivity index (χ0) is 14.6. The van der Waals surface area contributed by atoms with Crippen LogP contribution in [-0.2, 0) is 20.4 Å². The maximum absolute atomic E-state index is 13.0. The second kappa shape index (κ2) is 6.35. The molecule has 1 amide bonds. The average Bonchev–Trinajstić information content (AvgIpc) is 2.79. The molecule has 2 rings (SSSR count). The van der Waals surface area contributed by atoms with E-state index < -0.39 is 27.3 Å². The van der Waals surface area contributed by atoms with E-state index in [0.29, 0.717) is 5.56 Å². The molecule has 1 aromatic rings. The average molecular weight is 299 g/mol. The third-order valence-corrected chi connectivity index (χ3v) is 4.82. The minimum Gasteiger partial charge on any atom is -0.352 e. The fraction of sp³-hybridized carbons (Fsp3) is 0.500. The van der Waals surface area contributed by atoms with Crippen LogP contribution in [0.5, 0.6) is 0 Å². The summed E-state index contributed by atoms with van der Waals surface area (Å²) in [5.74, 6) is -1.80. The van der Waals surface area contributed by atoms with Crippen LogP contribution >= 0.6 is 0 Å². The zero-order valence-corrected chi connectivity index (χ0v) is 12.0. The lowest BCUT2D eigenvalue weighted by Gasteiger charge is -2.12. The number of sulfone groups is 1. The van der Waals surface area contributed by atoms with E-state index in [0.717, 1.165) is 25.7 Å². The number of hydrogen-bond acceptors (Lipinski definition) is 3. The first-order valence-corrected chi connectivity index (χ1v) is 8.51. The number of rotatable bonds is 5. The first-order valence-electron chi connectivity index (χ1n) is 6.69. The highest BCUT2D eigenvalue weighted by molar-refractivity contribution is 7.91. The molecule has 0 aromatic heterocycles. The molecule has 0 aliphatic heterocycles. The summed E-state index contributed by atoms with van der Waals surface area (Å²) in [6.07, 6.45) is 3.97. The molecule has 1 fully saturated rings. The second-order valence-corrected chi connectivity index (χ2v) is 7.28. The van der Waals surface area contributed by atoms with Gasteiger partial charge in [-0.1, -0.05) is 25.0 Å². The van der Waals surface area contributed by atoms with Gasteiger partial charge in [0.15, 0.2) is 9.84 Å². The third kappa shape index (κ3) is 4.59. The molecule has 0 radical (unpaired) electrons. The van der Waals surface area contributed by atoms with Crippen LogP contribution in [0.4, 0.5) is 4.39 Å². The Bertz CT molecular complexity index is 580. The number of hydrogen-bond donors (Lipinski definition) is 1. The van der Waals surface area contributed by atoms with Crippen LogP contribution in [0, 0.1) is 5.82 Å². The van der Waals surface area contributed by atoms with E-state index in [-0.39, 0.29) is 11.8 Å². The van der Waals surface area contributed by atoms with E-state index in [2.05, 4.69) is 5.32 Å². The monoisotopic (exact) mass is 299 g/mol. The fourth-order valence-corrected chi connectivity index (χ4v) is 3.74. The molecule has 1 saturated carbocycles. The van der Waals surface area contributed by atoms with Crippen molar-refractivity contribution in [3.8, 4) is 0 Å². The molecule has 0 spiro atoms. The van der Waals surface area contributed by atoms with Gasteiger partial charge in [-0.2, -0.15) is 0 Å². The maximum Gasteiger partial charge on any atom is 0.235 e. The summed E-state index contributed by atoms with van der Waals surface area (Å²) < 4.78 is 36.8. The van der Waals surface area contributed by atoms with Gasteiger partial charge in [0.05, 0.1) is 5.75 Å². The Balaban J connectivity index is 1.91. The molecular formula is C14H18FNO3S. The van der Waals surface area contributed by atoms with E-state index in [4.69, 9.17) is 0 Å². The number of benzene rings is 1. The van der Waals surface area contributed by atoms with Gasteiger partial charge in [0, 0.05) is 6.04 Å². The van der Waals surface area contributed by atoms with Crippen molar-refractivity contribution in [2.24, 2.45) is 0 Å². The van der Waals surface area contributed by atoms with Gasteiger partial charge in [0.25, 0.3) is 0 Å². The highest BCUT2D eigenvalue weighted by Crippen LogP contribution is 2.17. The summed E-state index contributed by atoms with van der Waals surface area (Å²) in [4.78, 5) is 11.7. The summed E-state index contributed by atoms with van der Waals surface area (Å²) in [6, 6.07) is 5.52. The zero-order valence-electron chi connectivity index (χ0n) is 11.1. The number of halogens is 1. The lowest BCUT2D eigenvalue weighted by molar-refractivity contribution is -0.119. The normalized spacial score (nSPS) is 16.2. The van der Waals surface area contributed by atoms with Crippen molar-refractivity contribution >= 4 is 15.7 Å². The minimum atomic E-state index is -3.57. The molecule has 0 heterocycles. The molecule has 1 aliphatic rings. The first kappa shape index (κ1) is 15.0. The Labute approximate surface area is 118 Å². The molecule has 0 bridgehead atoms. The van der Waals surface area contributed by atoms with E-state index >= 15 is 0 Å². The molecule has 6 heteroatoms. The molecule has 1 aromatic carbocycles. The van der Waals surface area contributed by atoms with Crippen LogP contribution < -0.4 is 5.32 Å². The van der Waals surface area contributed by atoms with E-state index in [1.165, 1.54) is 24.3 Å². The summed E-state index contributed by atoms with van der Waals surface area (Å²) in [7, 11) is -3.57. The molecule has 1 aliphatic carbocycles. The predicted molar refractivity (Wildman–Crippen MR) is 74.3 cm³/mol. The lowest BCUT2D eigenvalue weighted by Crippen LogP contribution is -2.37. The summed E-state index contributed by atoms with van der Waals surface area (Å²) >= 11 is 0. The van der Waals surface area contributed by atoms with Gasteiger partial charge >= 0.3 is 0 Å². The van der Waals surface area contributed by atoms with Crippen LogP contribution in [0.1, 0.15) is 31.2 Å². The van der Waals surface area contributed by atoms with Crippen LogP contribution in [0.3, 0.4) is 0 Å². The summed E-state index contributed by atoms with van der Waals surface area (Å²) in [5, 5.41) is 2.74. The predicted octanol–water partition coefficient (Wildman–Crippen LogP) is 1.80. The minimum absolute atomic E-state index is 0.104. The van der Waals surface area contributed by atoms with Crippen molar-refractivity contribution in [2.75, 3.05) is 5.75 Å². The first-order chi connectivity index (χ1) is 9.44. The van der Waals surface area contributed by atoms with Gasteiger partial charge in [0.1, 0.15) is 11.6 Å².